The number of hydrogen-bond donors (Lipinski definition) is 2. The first-order valence-electron chi connectivity index (χ1n) is 8.70. The molecule has 8 heteroatoms. The summed E-state index contributed by atoms with van der Waals surface area (Å²) in [4.78, 5) is 39.2. The van der Waals surface area contributed by atoms with E-state index in [1.165, 1.54) is 14.0 Å². The third-order valence-electron chi connectivity index (χ3n) is 4.24. The van der Waals surface area contributed by atoms with Gasteiger partial charge >= 0.3 is 0 Å². The largest absolute Gasteiger partial charge is 0.358 e. The van der Waals surface area contributed by atoms with Crippen molar-refractivity contribution in [2.24, 2.45) is 5.41 Å². The van der Waals surface area contributed by atoms with Gasteiger partial charge in [-0.15, -0.1) is 0 Å². The Bertz CT molecular complexity index is 771. The lowest BCUT2D eigenvalue weighted by molar-refractivity contribution is -0.141. The number of amides is 2. The van der Waals surface area contributed by atoms with Crippen molar-refractivity contribution in [1.82, 2.24) is 25.2 Å². The lowest BCUT2D eigenvalue weighted by atomic mass is 9.75. The first-order chi connectivity index (χ1) is 12.5. The average molecular weight is 361 g/mol. The second kappa shape index (κ2) is 9.65. The third-order valence-corrected chi connectivity index (χ3v) is 4.24. The molecule has 0 aliphatic heterocycles. The quantitative estimate of drug-likeness (QED) is 0.544. The molecular formula is C18H27N5O3. The molecule has 0 radical (unpaired) electrons. The number of carbonyl (C=O) groups excluding carboxylic acids is 3. The van der Waals surface area contributed by atoms with Crippen LogP contribution in [-0.2, 0) is 27.3 Å². The molecule has 26 heavy (non-hydrogen) atoms. The summed E-state index contributed by atoms with van der Waals surface area (Å²) in [6.07, 6.45) is 4.61. The monoisotopic (exact) mass is 361 g/mol. The zero-order valence-corrected chi connectivity index (χ0v) is 16.0. The van der Waals surface area contributed by atoms with Crippen molar-refractivity contribution in [2.75, 3.05) is 7.05 Å². The van der Waals surface area contributed by atoms with E-state index in [1.54, 1.807) is 23.0 Å². The van der Waals surface area contributed by atoms with Gasteiger partial charge in [0.2, 0.25) is 12.3 Å². The van der Waals surface area contributed by atoms with Crippen molar-refractivity contribution in [2.45, 2.75) is 47.1 Å². The molecule has 0 aliphatic rings. The zero-order chi connectivity index (χ0) is 19.7. The number of aromatic nitrogens is 3. The number of Topliss-reactive ketones (excluding diaryl/α,β-unsaturated/α-hetero) is 1. The van der Waals surface area contributed by atoms with Crippen LogP contribution < -0.4 is 10.6 Å². The summed E-state index contributed by atoms with van der Waals surface area (Å²) in [6, 6.07) is 1.80. The third kappa shape index (κ3) is 4.44. The highest BCUT2D eigenvalue weighted by Crippen LogP contribution is 2.29. The van der Waals surface area contributed by atoms with Crippen LogP contribution in [0.15, 0.2) is 18.5 Å². The lowest BCUT2D eigenvalue weighted by Crippen LogP contribution is -2.45. The van der Waals surface area contributed by atoms with Crippen LogP contribution in [0.3, 0.4) is 0 Å². The van der Waals surface area contributed by atoms with Crippen LogP contribution in [0.5, 0.6) is 0 Å². The summed E-state index contributed by atoms with van der Waals surface area (Å²) in [5.41, 5.74) is 0.916. The summed E-state index contributed by atoms with van der Waals surface area (Å²) >= 11 is 0. The molecule has 0 bridgehead atoms. The Kier molecular flexibility index (Phi) is 7.89. The Morgan fingerprint density at radius 3 is 2.58 bits per heavy atom. The predicted molar refractivity (Wildman–Crippen MR) is 98.4 cm³/mol. The van der Waals surface area contributed by atoms with E-state index in [9.17, 15) is 14.4 Å². The van der Waals surface area contributed by atoms with E-state index >= 15 is 0 Å². The van der Waals surface area contributed by atoms with Crippen LogP contribution in [0.25, 0.3) is 5.65 Å². The summed E-state index contributed by atoms with van der Waals surface area (Å²) in [5.74, 6) is -0.472. The van der Waals surface area contributed by atoms with E-state index in [0.717, 1.165) is 5.56 Å². The van der Waals surface area contributed by atoms with Crippen LogP contribution in [0.2, 0.25) is 0 Å². The van der Waals surface area contributed by atoms with Crippen molar-refractivity contribution in [3.05, 3.63) is 29.7 Å². The van der Waals surface area contributed by atoms with Gasteiger partial charge in [-0.1, -0.05) is 20.8 Å². The van der Waals surface area contributed by atoms with Gasteiger partial charge in [0.1, 0.15) is 11.2 Å². The SMILES string of the molecule is CC.CCC(Cc1cnn2cc(CNC=O)nc2c1)(C(C)=O)C(=O)NC. The number of fused-ring (bicyclic) bond motifs is 1. The average Bonchev–Trinajstić information content (AvgIpc) is 3.07. The molecule has 2 amide bonds. The van der Waals surface area contributed by atoms with Crippen LogP contribution in [-0.4, -0.2) is 39.7 Å². The van der Waals surface area contributed by atoms with Gasteiger partial charge in [-0.2, -0.15) is 5.10 Å². The van der Waals surface area contributed by atoms with Crippen molar-refractivity contribution in [3.8, 4) is 0 Å². The van der Waals surface area contributed by atoms with Gasteiger partial charge in [0.25, 0.3) is 0 Å². The standard InChI is InChI=1S/C16H21N5O3.C2H6/c1-4-16(11(2)23,15(24)17-3)6-12-5-14-20-13(8-18-10-22)9-21(14)19-7-12;1-2/h5,7,9-10H,4,6,8H2,1-3H3,(H,17,24)(H,18,22);1-2H3. The second-order valence-corrected chi connectivity index (χ2v) is 5.65. The highest BCUT2D eigenvalue weighted by Gasteiger charge is 2.41. The van der Waals surface area contributed by atoms with Gasteiger partial charge in [-0.05, 0) is 31.4 Å². The molecule has 142 valence electrons. The molecule has 1 unspecified atom stereocenters. The number of hydrogen-bond acceptors (Lipinski definition) is 5. The predicted octanol–water partition coefficient (Wildman–Crippen LogP) is 1.28. The van der Waals surface area contributed by atoms with E-state index in [-0.39, 0.29) is 18.1 Å². The van der Waals surface area contributed by atoms with Crippen molar-refractivity contribution >= 4 is 23.7 Å². The van der Waals surface area contributed by atoms with Gasteiger partial charge in [0.05, 0.1) is 24.6 Å². The summed E-state index contributed by atoms with van der Waals surface area (Å²) in [5, 5.41) is 9.39. The molecule has 0 spiro atoms. The normalized spacial score (nSPS) is 12.5. The lowest BCUT2D eigenvalue weighted by Gasteiger charge is -2.28. The minimum atomic E-state index is -1.11. The van der Waals surface area contributed by atoms with Crippen molar-refractivity contribution in [1.29, 1.82) is 0 Å². The summed E-state index contributed by atoms with van der Waals surface area (Å²) < 4.78 is 1.59. The van der Waals surface area contributed by atoms with Crippen LogP contribution >= 0.6 is 0 Å². The number of ketones is 1. The maximum absolute atomic E-state index is 12.3. The first-order valence-corrected chi connectivity index (χ1v) is 8.70. The molecule has 2 rings (SSSR count). The van der Waals surface area contributed by atoms with E-state index in [0.29, 0.717) is 30.7 Å². The molecule has 0 saturated heterocycles. The first kappa shape index (κ1) is 21.3. The fourth-order valence-corrected chi connectivity index (χ4v) is 2.78. The molecule has 8 nitrogen and oxygen atoms in total. The highest BCUT2D eigenvalue weighted by atomic mass is 16.2. The molecule has 0 fully saturated rings. The van der Waals surface area contributed by atoms with Gasteiger partial charge < -0.3 is 10.6 Å². The Morgan fingerprint density at radius 1 is 1.35 bits per heavy atom. The molecule has 2 N–H and O–H groups in total. The number of imidazole rings is 1. The number of carbonyl (C=O) groups is 3. The van der Waals surface area contributed by atoms with E-state index in [4.69, 9.17) is 0 Å². The van der Waals surface area contributed by atoms with Crippen LogP contribution in [0.1, 0.15) is 45.4 Å². The van der Waals surface area contributed by atoms with E-state index in [1.807, 2.05) is 20.8 Å². The smallest absolute Gasteiger partial charge is 0.233 e. The summed E-state index contributed by atoms with van der Waals surface area (Å²) in [7, 11) is 1.53. The summed E-state index contributed by atoms with van der Waals surface area (Å²) in [6.45, 7) is 7.57. The van der Waals surface area contributed by atoms with E-state index < -0.39 is 5.41 Å². The molecular weight excluding hydrogens is 334 g/mol. The maximum Gasteiger partial charge on any atom is 0.233 e. The van der Waals surface area contributed by atoms with Gasteiger partial charge in [-0.3, -0.25) is 14.4 Å². The fraction of sp³-hybridized carbons (Fsp3) is 0.500. The molecule has 0 aromatic carbocycles. The van der Waals surface area contributed by atoms with Crippen molar-refractivity contribution in [3.63, 3.8) is 0 Å². The zero-order valence-electron chi connectivity index (χ0n) is 16.0. The Hall–Kier alpha value is -2.77. The Balaban J connectivity index is 0.00000163. The number of nitrogens with zero attached hydrogens (tertiary/aromatic N) is 3. The number of nitrogens with one attached hydrogen (secondary N) is 2. The van der Waals surface area contributed by atoms with Gasteiger partial charge in [0.15, 0.2) is 5.65 Å². The molecule has 1 atom stereocenters. The minimum Gasteiger partial charge on any atom is -0.358 e. The maximum atomic E-state index is 12.3. The molecule has 0 saturated carbocycles. The molecule has 2 aromatic rings. The van der Waals surface area contributed by atoms with E-state index in [2.05, 4.69) is 20.7 Å². The Morgan fingerprint density at radius 2 is 2.04 bits per heavy atom. The molecule has 2 aromatic heterocycles. The fourth-order valence-electron chi connectivity index (χ4n) is 2.78. The topological polar surface area (TPSA) is 105 Å². The highest BCUT2D eigenvalue weighted by molar-refractivity contribution is 6.05. The Labute approximate surface area is 153 Å². The van der Waals surface area contributed by atoms with Crippen molar-refractivity contribution < 1.29 is 14.4 Å². The number of rotatable bonds is 8. The minimum absolute atomic E-state index is 0.177. The van der Waals surface area contributed by atoms with Crippen LogP contribution in [0, 0.1) is 5.41 Å². The van der Waals surface area contributed by atoms with Gasteiger partial charge in [0, 0.05) is 7.05 Å². The second-order valence-electron chi connectivity index (χ2n) is 5.65. The van der Waals surface area contributed by atoms with Crippen LogP contribution in [0.4, 0.5) is 0 Å². The molecule has 2 heterocycles. The van der Waals surface area contributed by atoms with Gasteiger partial charge in [-0.25, -0.2) is 9.50 Å². The molecule has 0 aliphatic carbocycles.